The van der Waals surface area contributed by atoms with Crippen LogP contribution in [0.15, 0.2) is 66.1 Å². The molecule has 0 amide bonds. The van der Waals surface area contributed by atoms with Gasteiger partial charge >= 0.3 is 0 Å². The molecule has 1 aromatic carbocycles. The van der Waals surface area contributed by atoms with Gasteiger partial charge in [0.1, 0.15) is 22.9 Å². The monoisotopic (exact) mass is 427 g/mol. The summed E-state index contributed by atoms with van der Waals surface area (Å²) in [4.78, 5) is 2.22. The van der Waals surface area contributed by atoms with E-state index in [0.717, 1.165) is 37.3 Å². The standard InChI is InChI=1S/C26H34FNO3/c1-3-5-14-26(29,15-6-4-2)25-13-12-24(31-25)20-28(19-23-11-8-16-30-23)18-21-9-7-10-22(27)17-21/h3-4,7,9-10,12-13,17,23,29H,1-2,5-6,8,11,14-16,18-20H2/t23-/m1/s1. The van der Waals surface area contributed by atoms with E-state index in [9.17, 15) is 9.50 Å². The van der Waals surface area contributed by atoms with Crippen molar-refractivity contribution in [2.75, 3.05) is 13.2 Å². The van der Waals surface area contributed by atoms with Crippen molar-refractivity contribution < 1.29 is 18.7 Å². The van der Waals surface area contributed by atoms with Crippen molar-refractivity contribution in [2.45, 2.75) is 63.3 Å². The second-order valence-corrected chi connectivity index (χ2v) is 8.39. The van der Waals surface area contributed by atoms with Crippen LogP contribution in [0.4, 0.5) is 4.39 Å². The fourth-order valence-corrected chi connectivity index (χ4v) is 4.14. The third-order valence-corrected chi connectivity index (χ3v) is 5.80. The Morgan fingerprint density at radius 3 is 2.55 bits per heavy atom. The lowest BCUT2D eigenvalue weighted by Crippen LogP contribution is -2.31. The summed E-state index contributed by atoms with van der Waals surface area (Å²) in [7, 11) is 0. The van der Waals surface area contributed by atoms with Crippen LogP contribution < -0.4 is 0 Å². The normalized spacial score (nSPS) is 16.7. The van der Waals surface area contributed by atoms with Crippen LogP contribution >= 0.6 is 0 Å². The zero-order chi connectivity index (χ0) is 22.1. The second kappa shape index (κ2) is 11.4. The van der Waals surface area contributed by atoms with Gasteiger partial charge in [-0.05, 0) is 68.4 Å². The number of hydrogen-bond donors (Lipinski definition) is 1. The first-order valence-electron chi connectivity index (χ1n) is 11.1. The summed E-state index contributed by atoms with van der Waals surface area (Å²) < 4.78 is 25.6. The smallest absolute Gasteiger partial charge is 0.135 e. The maximum Gasteiger partial charge on any atom is 0.135 e. The Morgan fingerprint density at radius 2 is 1.90 bits per heavy atom. The SMILES string of the molecule is C=CCCC(O)(CCC=C)c1ccc(CN(Cc2cccc(F)c2)C[C@H]2CCCO2)o1. The molecule has 0 unspecified atom stereocenters. The molecule has 4 nitrogen and oxygen atoms in total. The Labute approximate surface area is 185 Å². The zero-order valence-corrected chi connectivity index (χ0v) is 18.3. The van der Waals surface area contributed by atoms with E-state index in [2.05, 4.69) is 18.1 Å². The topological polar surface area (TPSA) is 45.8 Å². The summed E-state index contributed by atoms with van der Waals surface area (Å²) in [5.41, 5.74) is -0.124. The van der Waals surface area contributed by atoms with Gasteiger partial charge in [-0.15, -0.1) is 13.2 Å². The third kappa shape index (κ3) is 6.89. The van der Waals surface area contributed by atoms with Crippen molar-refractivity contribution in [1.82, 2.24) is 4.90 Å². The van der Waals surface area contributed by atoms with Gasteiger partial charge in [-0.1, -0.05) is 24.3 Å². The molecule has 168 valence electrons. The lowest BCUT2D eigenvalue weighted by atomic mass is 9.89. The average Bonchev–Trinajstić information content (AvgIpc) is 3.43. The third-order valence-electron chi connectivity index (χ3n) is 5.80. The highest BCUT2D eigenvalue weighted by Gasteiger charge is 2.31. The van der Waals surface area contributed by atoms with Crippen LogP contribution in [0, 0.1) is 5.82 Å². The van der Waals surface area contributed by atoms with E-state index in [0.29, 0.717) is 44.5 Å². The van der Waals surface area contributed by atoms with E-state index in [-0.39, 0.29) is 11.9 Å². The number of furan rings is 1. The first-order valence-corrected chi connectivity index (χ1v) is 11.1. The minimum Gasteiger partial charge on any atom is -0.462 e. The van der Waals surface area contributed by atoms with Crippen LogP contribution in [-0.4, -0.2) is 29.3 Å². The van der Waals surface area contributed by atoms with E-state index in [1.807, 2.05) is 30.4 Å². The number of halogens is 1. The lowest BCUT2D eigenvalue weighted by molar-refractivity contribution is -0.00261. The van der Waals surface area contributed by atoms with Gasteiger partial charge in [0.15, 0.2) is 0 Å². The Balaban J connectivity index is 1.74. The molecule has 0 radical (unpaired) electrons. The quantitative estimate of drug-likeness (QED) is 0.415. The molecule has 0 bridgehead atoms. The van der Waals surface area contributed by atoms with E-state index < -0.39 is 5.60 Å². The number of aliphatic hydroxyl groups is 1. The molecule has 1 aromatic heterocycles. The van der Waals surface area contributed by atoms with Crippen molar-refractivity contribution in [3.05, 3.63) is 84.6 Å². The molecule has 0 saturated carbocycles. The Bertz CT molecular complexity index is 829. The predicted molar refractivity (Wildman–Crippen MR) is 121 cm³/mol. The fourth-order valence-electron chi connectivity index (χ4n) is 4.14. The first-order chi connectivity index (χ1) is 15.0. The van der Waals surface area contributed by atoms with Gasteiger partial charge in [-0.2, -0.15) is 0 Å². The minimum atomic E-state index is -1.04. The van der Waals surface area contributed by atoms with Crippen LogP contribution in [0.3, 0.4) is 0 Å². The van der Waals surface area contributed by atoms with Crippen molar-refractivity contribution in [2.24, 2.45) is 0 Å². The Kier molecular flexibility index (Phi) is 8.64. The van der Waals surface area contributed by atoms with Crippen molar-refractivity contribution >= 4 is 0 Å². The van der Waals surface area contributed by atoms with Crippen LogP contribution in [0.25, 0.3) is 0 Å². The molecule has 1 fully saturated rings. The van der Waals surface area contributed by atoms with Gasteiger partial charge in [0.2, 0.25) is 0 Å². The molecule has 5 heteroatoms. The summed E-state index contributed by atoms with van der Waals surface area (Å²) in [6.45, 7) is 10.3. The van der Waals surface area contributed by atoms with E-state index in [1.165, 1.54) is 6.07 Å². The highest BCUT2D eigenvalue weighted by Crippen LogP contribution is 2.33. The number of ether oxygens (including phenoxy) is 1. The molecule has 1 atom stereocenters. The maximum absolute atomic E-state index is 13.7. The first kappa shape index (κ1) is 23.5. The molecular formula is C26H34FNO3. The van der Waals surface area contributed by atoms with Gasteiger partial charge in [-0.3, -0.25) is 4.90 Å². The fraction of sp³-hybridized carbons (Fsp3) is 0.462. The molecule has 2 aromatic rings. The van der Waals surface area contributed by atoms with Crippen molar-refractivity contribution in [3.63, 3.8) is 0 Å². The number of benzene rings is 1. The molecule has 1 aliphatic heterocycles. The molecule has 0 aliphatic carbocycles. The summed E-state index contributed by atoms with van der Waals surface area (Å²) in [5.74, 6) is 1.12. The van der Waals surface area contributed by atoms with Crippen molar-refractivity contribution in [1.29, 1.82) is 0 Å². The second-order valence-electron chi connectivity index (χ2n) is 8.39. The van der Waals surface area contributed by atoms with Gasteiger partial charge < -0.3 is 14.3 Å². The number of allylic oxidation sites excluding steroid dienone is 2. The van der Waals surface area contributed by atoms with Crippen LogP contribution in [-0.2, 0) is 23.4 Å². The largest absolute Gasteiger partial charge is 0.462 e. The number of rotatable bonds is 13. The van der Waals surface area contributed by atoms with E-state index in [1.54, 1.807) is 12.1 Å². The molecule has 31 heavy (non-hydrogen) atoms. The van der Waals surface area contributed by atoms with Crippen LogP contribution in [0.2, 0.25) is 0 Å². The van der Waals surface area contributed by atoms with E-state index >= 15 is 0 Å². The van der Waals surface area contributed by atoms with Gasteiger partial charge in [0.05, 0.1) is 12.6 Å². The summed E-state index contributed by atoms with van der Waals surface area (Å²) in [6, 6.07) is 10.5. The molecule has 1 aliphatic rings. The Morgan fingerprint density at radius 1 is 1.13 bits per heavy atom. The Hall–Kier alpha value is -2.21. The highest BCUT2D eigenvalue weighted by molar-refractivity contribution is 5.17. The molecule has 3 rings (SSSR count). The zero-order valence-electron chi connectivity index (χ0n) is 18.3. The molecule has 1 N–H and O–H groups in total. The minimum absolute atomic E-state index is 0.181. The number of nitrogens with zero attached hydrogens (tertiary/aromatic N) is 1. The summed E-state index contributed by atoms with van der Waals surface area (Å²) in [6.07, 6.45) is 8.42. The maximum atomic E-state index is 13.7. The summed E-state index contributed by atoms with van der Waals surface area (Å²) in [5, 5.41) is 11.2. The van der Waals surface area contributed by atoms with Gasteiger partial charge in [-0.25, -0.2) is 4.39 Å². The number of hydrogen-bond acceptors (Lipinski definition) is 4. The summed E-state index contributed by atoms with van der Waals surface area (Å²) >= 11 is 0. The van der Waals surface area contributed by atoms with Crippen molar-refractivity contribution in [3.8, 4) is 0 Å². The molecular weight excluding hydrogens is 393 g/mol. The highest BCUT2D eigenvalue weighted by atomic mass is 19.1. The van der Waals surface area contributed by atoms with Crippen LogP contribution in [0.5, 0.6) is 0 Å². The van der Waals surface area contributed by atoms with E-state index in [4.69, 9.17) is 9.15 Å². The van der Waals surface area contributed by atoms with Gasteiger partial charge in [0.25, 0.3) is 0 Å². The molecule has 2 heterocycles. The predicted octanol–water partition coefficient (Wildman–Crippen LogP) is 5.72. The molecule has 0 spiro atoms. The van der Waals surface area contributed by atoms with Crippen LogP contribution in [0.1, 0.15) is 55.6 Å². The van der Waals surface area contributed by atoms with Gasteiger partial charge in [0, 0.05) is 19.7 Å². The lowest BCUT2D eigenvalue weighted by Gasteiger charge is -2.26. The average molecular weight is 428 g/mol. The molecule has 1 saturated heterocycles.